The van der Waals surface area contributed by atoms with Crippen LogP contribution in [-0.4, -0.2) is 29.8 Å². The van der Waals surface area contributed by atoms with Crippen molar-refractivity contribution in [1.82, 2.24) is 4.90 Å². The molecule has 0 radical (unpaired) electrons. The van der Waals surface area contributed by atoms with Gasteiger partial charge in [0.05, 0.1) is 11.3 Å². The molecule has 1 saturated heterocycles. The summed E-state index contributed by atoms with van der Waals surface area (Å²) in [6.45, 7) is 3.48. The summed E-state index contributed by atoms with van der Waals surface area (Å²) < 4.78 is 0. The first kappa shape index (κ1) is 17.8. The Hall–Kier alpha value is -2.59. The number of halogens is 1. The first-order valence-electron chi connectivity index (χ1n) is 9.27. The third kappa shape index (κ3) is 3.15. The van der Waals surface area contributed by atoms with Gasteiger partial charge in [-0.2, -0.15) is 0 Å². The van der Waals surface area contributed by atoms with Crippen LogP contribution in [0, 0.1) is 6.92 Å². The van der Waals surface area contributed by atoms with Crippen LogP contribution in [0.1, 0.15) is 30.4 Å². The number of rotatable bonds is 3. The Labute approximate surface area is 164 Å². The molecule has 0 unspecified atom stereocenters. The zero-order valence-electron chi connectivity index (χ0n) is 15.2. The maximum atomic E-state index is 13.4. The molecule has 2 aliphatic rings. The number of piperidine rings is 1. The standard InChI is InChI=1S/C22H21ClN2O2/c1-15-10-11-17(23)14-18(15)25-21(26)19(16-8-4-2-5-9-16)20(22(25)27)24-12-6-3-7-13-24/h2,4-5,8-11,14H,3,6-7,12-13H2,1H3. The second kappa shape index (κ2) is 7.20. The van der Waals surface area contributed by atoms with E-state index in [0.717, 1.165) is 43.5 Å². The molecule has 2 aromatic carbocycles. The van der Waals surface area contributed by atoms with Crippen molar-refractivity contribution in [1.29, 1.82) is 0 Å². The van der Waals surface area contributed by atoms with Crippen molar-refractivity contribution in [3.05, 3.63) is 70.4 Å². The molecule has 0 atom stereocenters. The fraction of sp³-hybridized carbons (Fsp3) is 0.273. The van der Waals surface area contributed by atoms with Gasteiger partial charge in [-0.1, -0.05) is 48.0 Å². The van der Waals surface area contributed by atoms with Crippen LogP contribution < -0.4 is 4.90 Å². The summed E-state index contributed by atoms with van der Waals surface area (Å²) in [5, 5.41) is 0.504. The molecule has 27 heavy (non-hydrogen) atoms. The molecule has 5 heteroatoms. The van der Waals surface area contributed by atoms with Crippen LogP contribution in [0.25, 0.3) is 5.57 Å². The van der Waals surface area contributed by atoms with E-state index >= 15 is 0 Å². The maximum absolute atomic E-state index is 13.4. The highest BCUT2D eigenvalue weighted by molar-refractivity contribution is 6.45. The number of hydrogen-bond donors (Lipinski definition) is 0. The van der Waals surface area contributed by atoms with Crippen molar-refractivity contribution in [3.63, 3.8) is 0 Å². The minimum Gasteiger partial charge on any atom is -0.366 e. The molecule has 0 bridgehead atoms. The summed E-state index contributed by atoms with van der Waals surface area (Å²) in [6.07, 6.45) is 3.22. The number of nitrogens with zero attached hydrogens (tertiary/aromatic N) is 2. The Bertz CT molecular complexity index is 931. The Kier molecular flexibility index (Phi) is 4.75. The lowest BCUT2D eigenvalue weighted by Gasteiger charge is -2.29. The molecule has 1 fully saturated rings. The average Bonchev–Trinajstić information content (AvgIpc) is 2.95. The predicted molar refractivity (Wildman–Crippen MR) is 107 cm³/mol. The molecule has 0 spiro atoms. The number of amides is 2. The first-order valence-corrected chi connectivity index (χ1v) is 9.65. The fourth-order valence-corrected chi connectivity index (χ4v) is 4.00. The van der Waals surface area contributed by atoms with Crippen LogP contribution in [0.2, 0.25) is 5.02 Å². The summed E-state index contributed by atoms with van der Waals surface area (Å²) in [6, 6.07) is 14.8. The normalized spacial score (nSPS) is 17.9. The van der Waals surface area contributed by atoms with Crippen LogP contribution in [0.3, 0.4) is 0 Å². The van der Waals surface area contributed by atoms with Gasteiger partial charge in [-0.05, 0) is 49.4 Å². The number of likely N-dealkylation sites (tertiary alicyclic amines) is 1. The van der Waals surface area contributed by atoms with Crippen molar-refractivity contribution in [2.75, 3.05) is 18.0 Å². The molecule has 2 amide bonds. The first-order chi connectivity index (χ1) is 13.1. The topological polar surface area (TPSA) is 40.6 Å². The van der Waals surface area contributed by atoms with Gasteiger partial charge in [0.15, 0.2) is 0 Å². The molecular formula is C22H21ClN2O2. The molecule has 0 aliphatic carbocycles. The van der Waals surface area contributed by atoms with E-state index in [9.17, 15) is 9.59 Å². The van der Waals surface area contributed by atoms with E-state index in [1.165, 1.54) is 4.90 Å². The van der Waals surface area contributed by atoms with E-state index in [1.807, 2.05) is 43.3 Å². The molecule has 4 nitrogen and oxygen atoms in total. The lowest BCUT2D eigenvalue weighted by molar-refractivity contribution is -0.120. The molecule has 0 saturated carbocycles. The van der Waals surface area contributed by atoms with Crippen LogP contribution in [-0.2, 0) is 9.59 Å². The summed E-state index contributed by atoms with van der Waals surface area (Å²) in [5.41, 5.74) is 3.18. The summed E-state index contributed by atoms with van der Waals surface area (Å²) >= 11 is 6.16. The van der Waals surface area contributed by atoms with Crippen LogP contribution in [0.4, 0.5) is 5.69 Å². The Balaban J connectivity index is 1.85. The highest BCUT2D eigenvalue weighted by atomic mass is 35.5. The summed E-state index contributed by atoms with van der Waals surface area (Å²) in [5.74, 6) is -0.539. The third-order valence-corrected chi connectivity index (χ3v) is 5.44. The molecule has 0 N–H and O–H groups in total. The molecule has 0 aromatic heterocycles. The number of hydrogen-bond acceptors (Lipinski definition) is 3. The number of anilines is 1. The van der Waals surface area contributed by atoms with Crippen molar-refractivity contribution in [3.8, 4) is 0 Å². The average molecular weight is 381 g/mol. The van der Waals surface area contributed by atoms with Crippen molar-refractivity contribution in [2.24, 2.45) is 0 Å². The van der Waals surface area contributed by atoms with Crippen molar-refractivity contribution in [2.45, 2.75) is 26.2 Å². The second-order valence-corrected chi connectivity index (χ2v) is 7.45. The van der Waals surface area contributed by atoms with Crippen molar-refractivity contribution < 1.29 is 9.59 Å². The summed E-state index contributed by atoms with van der Waals surface area (Å²) in [7, 11) is 0. The minimum atomic E-state index is -0.280. The second-order valence-electron chi connectivity index (χ2n) is 7.01. The smallest absolute Gasteiger partial charge is 0.282 e. The third-order valence-electron chi connectivity index (χ3n) is 5.21. The van der Waals surface area contributed by atoms with Gasteiger partial charge in [-0.3, -0.25) is 9.59 Å². The summed E-state index contributed by atoms with van der Waals surface area (Å²) in [4.78, 5) is 30.2. The molecule has 2 heterocycles. The fourth-order valence-electron chi connectivity index (χ4n) is 3.84. The highest BCUT2D eigenvalue weighted by Gasteiger charge is 2.43. The monoisotopic (exact) mass is 380 g/mol. The van der Waals surface area contributed by atoms with Crippen LogP contribution in [0.5, 0.6) is 0 Å². The Morgan fingerprint density at radius 1 is 0.889 bits per heavy atom. The van der Waals surface area contributed by atoms with Gasteiger partial charge in [-0.25, -0.2) is 4.90 Å². The molecule has 138 valence electrons. The lowest BCUT2D eigenvalue weighted by Crippen LogP contribution is -2.37. The largest absolute Gasteiger partial charge is 0.366 e. The number of carbonyl (C=O) groups is 2. The minimum absolute atomic E-state index is 0.258. The number of carbonyl (C=O) groups excluding carboxylic acids is 2. The van der Waals surface area contributed by atoms with Crippen LogP contribution >= 0.6 is 11.6 Å². The van der Waals surface area contributed by atoms with E-state index in [2.05, 4.69) is 4.90 Å². The van der Waals surface area contributed by atoms with Gasteiger partial charge >= 0.3 is 0 Å². The SMILES string of the molecule is Cc1ccc(Cl)cc1N1C(=O)C(c2ccccc2)=C(N2CCCCC2)C1=O. The quantitative estimate of drug-likeness (QED) is 0.740. The molecular weight excluding hydrogens is 360 g/mol. The van der Waals surface area contributed by atoms with Gasteiger partial charge in [0.25, 0.3) is 11.8 Å². The predicted octanol–water partition coefficient (Wildman–Crippen LogP) is 4.42. The van der Waals surface area contributed by atoms with Gasteiger partial charge in [0.1, 0.15) is 5.70 Å². The Morgan fingerprint density at radius 3 is 2.30 bits per heavy atom. The molecule has 2 aliphatic heterocycles. The van der Waals surface area contributed by atoms with Gasteiger partial charge in [0, 0.05) is 18.1 Å². The van der Waals surface area contributed by atoms with E-state index in [4.69, 9.17) is 11.6 Å². The highest BCUT2D eigenvalue weighted by Crippen LogP contribution is 2.37. The van der Waals surface area contributed by atoms with Crippen LogP contribution in [0.15, 0.2) is 54.2 Å². The Morgan fingerprint density at radius 2 is 1.59 bits per heavy atom. The van der Waals surface area contributed by atoms with E-state index < -0.39 is 0 Å². The van der Waals surface area contributed by atoms with E-state index in [-0.39, 0.29) is 11.8 Å². The number of aryl methyl sites for hydroxylation is 1. The van der Waals surface area contributed by atoms with E-state index in [0.29, 0.717) is 22.0 Å². The van der Waals surface area contributed by atoms with Gasteiger partial charge < -0.3 is 4.90 Å². The zero-order chi connectivity index (χ0) is 19.0. The van der Waals surface area contributed by atoms with Gasteiger partial charge in [0.2, 0.25) is 0 Å². The maximum Gasteiger partial charge on any atom is 0.282 e. The van der Waals surface area contributed by atoms with Gasteiger partial charge in [-0.15, -0.1) is 0 Å². The number of benzene rings is 2. The van der Waals surface area contributed by atoms with Crippen molar-refractivity contribution >= 4 is 34.7 Å². The molecule has 2 aromatic rings. The zero-order valence-corrected chi connectivity index (χ0v) is 16.0. The lowest BCUT2D eigenvalue weighted by atomic mass is 10.0. The van der Waals surface area contributed by atoms with E-state index in [1.54, 1.807) is 12.1 Å². The molecule has 4 rings (SSSR count). The number of imide groups is 1.